The van der Waals surface area contributed by atoms with Crippen molar-refractivity contribution in [2.75, 3.05) is 242 Å². The van der Waals surface area contributed by atoms with Gasteiger partial charge in [-0.05, 0) is 6.92 Å². The lowest BCUT2D eigenvalue weighted by molar-refractivity contribution is -0.141. The van der Waals surface area contributed by atoms with Gasteiger partial charge in [0.25, 0.3) is 0 Å². The maximum atomic E-state index is 11.2. The van der Waals surface area contributed by atoms with Crippen LogP contribution in [0.2, 0.25) is 0 Å². The van der Waals surface area contributed by atoms with Gasteiger partial charge in [-0.1, -0.05) is 0 Å². The van der Waals surface area contributed by atoms with Gasteiger partial charge in [0.1, 0.15) is 0 Å². The maximum absolute atomic E-state index is 11.2. The first-order chi connectivity index (χ1) is 41.0. The number of β-amino-alcohol motifs (C(OH)–C–C–N with tert-alkyl or cyclic N) is 1. The van der Waals surface area contributed by atoms with Crippen LogP contribution in [0.25, 0.3) is 0 Å². The SMILES string of the molecule is CC(O)CN1CCN(CC(=O)O)CCN(CC(=O)O)CCN(CC(=O)O)CC1.O=C(O)CN1CCN(CC(=O)O)CCN(C(CO)C(O)CO)CCN(CC(=O)O)CC1.O=C(O)CN1CCN(CC(=O)O)CCN(CC(=O)O)CCN(CC(=O)O)CC1. The van der Waals surface area contributed by atoms with Crippen LogP contribution < -0.4 is 0 Å². The summed E-state index contributed by atoms with van der Waals surface area (Å²) in [6, 6.07) is -0.796. The fourth-order valence-corrected chi connectivity index (χ4v) is 9.69. The van der Waals surface area contributed by atoms with E-state index in [1.807, 2.05) is 4.90 Å². The molecule has 3 saturated heterocycles. The van der Waals surface area contributed by atoms with E-state index in [1.54, 1.807) is 60.8 Å². The molecule has 0 radical (unpaired) electrons. The number of carboxylic acid groups (broad SMARTS) is 10. The van der Waals surface area contributed by atoms with Gasteiger partial charge in [0.05, 0.1) is 96.9 Å². The van der Waals surface area contributed by atoms with Crippen LogP contribution in [0.15, 0.2) is 0 Å². The van der Waals surface area contributed by atoms with Crippen LogP contribution in [0.3, 0.4) is 0 Å². The minimum atomic E-state index is -1.22. The summed E-state index contributed by atoms with van der Waals surface area (Å²) >= 11 is 0. The third-order valence-corrected chi connectivity index (χ3v) is 14.1. The van der Waals surface area contributed by atoms with Gasteiger partial charge in [-0.15, -0.1) is 0 Å². The van der Waals surface area contributed by atoms with E-state index in [0.29, 0.717) is 111 Å². The molecule has 3 aliphatic rings. The van der Waals surface area contributed by atoms with Gasteiger partial charge in [0.2, 0.25) is 0 Å². The summed E-state index contributed by atoms with van der Waals surface area (Å²) in [6.07, 6.45) is -1.77. The summed E-state index contributed by atoms with van der Waals surface area (Å²) in [5, 5.41) is 130. The molecule has 0 aromatic rings. The first-order valence-corrected chi connectivity index (χ1v) is 28.4. The van der Waals surface area contributed by atoms with E-state index >= 15 is 0 Å². The summed E-state index contributed by atoms with van der Waals surface area (Å²) in [7, 11) is 0. The van der Waals surface area contributed by atoms with Gasteiger partial charge in [-0.25, -0.2) is 0 Å². The third-order valence-electron chi connectivity index (χ3n) is 14.1. The lowest BCUT2D eigenvalue weighted by atomic mass is 10.1. The van der Waals surface area contributed by atoms with Crippen molar-refractivity contribution >= 4 is 59.7 Å². The van der Waals surface area contributed by atoms with Crippen molar-refractivity contribution in [3.05, 3.63) is 0 Å². The zero-order valence-corrected chi connectivity index (χ0v) is 49.6. The Morgan fingerprint density at radius 2 is 0.414 bits per heavy atom. The van der Waals surface area contributed by atoms with Gasteiger partial charge < -0.3 is 71.5 Å². The summed E-state index contributed by atoms with van der Waals surface area (Å²) in [6.45, 7) is 7.02. The van der Waals surface area contributed by atoms with Crippen LogP contribution in [0.5, 0.6) is 0 Å². The molecule has 0 aliphatic carbocycles. The summed E-state index contributed by atoms with van der Waals surface area (Å²) < 4.78 is 0. The second-order valence-electron chi connectivity index (χ2n) is 21.4. The van der Waals surface area contributed by atoms with E-state index in [-0.39, 0.29) is 118 Å². The molecule has 0 aromatic carbocycles. The molecule has 3 atom stereocenters. The molecule has 3 rings (SSSR count). The second kappa shape index (κ2) is 44.5. The molecule has 0 saturated carbocycles. The van der Waals surface area contributed by atoms with Crippen LogP contribution in [-0.2, 0) is 47.9 Å². The Balaban J connectivity index is 0.000000654. The van der Waals surface area contributed by atoms with Crippen LogP contribution in [0.4, 0.5) is 0 Å². The van der Waals surface area contributed by atoms with E-state index < -0.39 is 91.2 Å². The topological polar surface area (TPSA) is 493 Å². The predicted octanol–water partition coefficient (Wildman–Crippen LogP) is -8.44. The van der Waals surface area contributed by atoms with E-state index in [4.69, 9.17) is 40.9 Å². The summed E-state index contributed by atoms with van der Waals surface area (Å²) in [5.74, 6) is -10.1. The lowest BCUT2D eigenvalue weighted by Gasteiger charge is -2.37. The number of nitrogens with zero attached hydrogens (tertiary/aromatic N) is 12. The van der Waals surface area contributed by atoms with Crippen molar-refractivity contribution in [3.8, 4) is 0 Å². The predicted molar refractivity (Wildman–Crippen MR) is 304 cm³/mol. The highest BCUT2D eigenvalue weighted by atomic mass is 16.4. The Kier molecular flexibility index (Phi) is 40.4. The van der Waals surface area contributed by atoms with Crippen LogP contribution >= 0.6 is 0 Å². The Labute approximate surface area is 504 Å². The van der Waals surface area contributed by atoms with Crippen LogP contribution in [-0.4, -0.2) is 451 Å². The highest BCUT2D eigenvalue weighted by Crippen LogP contribution is 2.09. The van der Waals surface area contributed by atoms with Crippen LogP contribution in [0, 0.1) is 0 Å². The van der Waals surface area contributed by atoms with Gasteiger partial charge in [-0.2, -0.15) is 0 Å². The zero-order valence-electron chi connectivity index (χ0n) is 49.6. The first-order valence-electron chi connectivity index (χ1n) is 28.4. The third kappa shape index (κ3) is 40.3. The molecule has 3 fully saturated rings. The molecule has 14 N–H and O–H groups in total. The summed E-state index contributed by atoms with van der Waals surface area (Å²) in [5.41, 5.74) is 0. The lowest BCUT2D eigenvalue weighted by Crippen LogP contribution is -2.54. The molecular formula is C51H94N12O24. The Morgan fingerprint density at radius 3 is 0.540 bits per heavy atom. The van der Waals surface area contributed by atoms with Crippen molar-refractivity contribution in [3.63, 3.8) is 0 Å². The largest absolute Gasteiger partial charge is 0.480 e. The number of aliphatic carboxylic acids is 10. The molecule has 0 spiro atoms. The molecule has 87 heavy (non-hydrogen) atoms. The zero-order chi connectivity index (χ0) is 65.6. The fraction of sp³-hybridized carbons (Fsp3) is 0.804. The quantitative estimate of drug-likeness (QED) is 0.0382. The standard InChI is InChI=1S/C18H34N4O9.C17H32N4O7.C16H28N4O8/c23-12-14(15(25)13-24)22-7-5-20(10-17(28)29)3-1-19(9-16(26)27)2-4-21(6-8-22)11-18(30)31;1-14(22)10-18-2-4-19(11-15(23)24)6-8-21(13-17(27)28)9-7-20(5-3-18)12-16(25)26;21-13(22)9-17-1-2-18(10-14(23)24)5-6-20(12-16(27)28)8-7-19(4-3-17)11-15(25)26/h14-15,23-25H,1-13H2,(H,26,27)(H,28,29)(H,30,31);14,22H,2-13H2,1H3,(H,23,24)(H,25,26)(H,27,28);1-12H2,(H,21,22)(H,23,24)(H,25,26)(H,27,28). The highest BCUT2D eigenvalue weighted by molar-refractivity contribution is 5.72. The van der Waals surface area contributed by atoms with Gasteiger partial charge in [0.15, 0.2) is 0 Å². The molecule has 502 valence electrons. The Hall–Kier alpha value is -5.94. The average Bonchev–Trinajstić information content (AvgIpc) is 3.62. The first kappa shape index (κ1) is 79.1. The molecule has 3 aliphatic heterocycles. The number of aliphatic hydroxyl groups is 4. The van der Waals surface area contributed by atoms with E-state index in [0.717, 1.165) is 0 Å². The average molecular weight is 1260 g/mol. The second-order valence-corrected chi connectivity index (χ2v) is 21.4. The maximum Gasteiger partial charge on any atom is 0.317 e. The number of hydrogen-bond donors (Lipinski definition) is 14. The Morgan fingerprint density at radius 1 is 0.264 bits per heavy atom. The monoisotopic (exact) mass is 1260 g/mol. The number of hydrogen-bond acceptors (Lipinski definition) is 26. The Bertz CT molecular complexity index is 1930. The number of rotatable bonds is 26. The number of carboxylic acids is 10. The van der Waals surface area contributed by atoms with Crippen molar-refractivity contribution in [2.24, 2.45) is 0 Å². The van der Waals surface area contributed by atoms with Crippen molar-refractivity contribution in [1.82, 2.24) is 58.8 Å². The summed E-state index contributed by atoms with van der Waals surface area (Å²) in [4.78, 5) is 132. The van der Waals surface area contributed by atoms with E-state index in [1.165, 1.54) is 0 Å². The molecule has 3 heterocycles. The van der Waals surface area contributed by atoms with E-state index in [2.05, 4.69) is 0 Å². The van der Waals surface area contributed by atoms with Gasteiger partial charge >= 0.3 is 59.7 Å². The number of carbonyl (C=O) groups is 10. The van der Waals surface area contributed by atoms with E-state index in [9.17, 15) is 78.6 Å². The van der Waals surface area contributed by atoms with Crippen LogP contribution in [0.1, 0.15) is 6.92 Å². The molecular weight excluding hydrogens is 1160 g/mol. The minimum Gasteiger partial charge on any atom is -0.480 e. The minimum absolute atomic E-state index is 0.144. The van der Waals surface area contributed by atoms with Gasteiger partial charge in [-0.3, -0.25) is 107 Å². The smallest absolute Gasteiger partial charge is 0.317 e. The molecule has 0 aromatic heterocycles. The van der Waals surface area contributed by atoms with Crippen molar-refractivity contribution in [1.29, 1.82) is 0 Å². The van der Waals surface area contributed by atoms with Gasteiger partial charge in [0, 0.05) is 164 Å². The molecule has 36 nitrogen and oxygen atoms in total. The van der Waals surface area contributed by atoms with Crippen molar-refractivity contribution in [2.45, 2.75) is 25.2 Å². The molecule has 36 heteroatoms. The highest BCUT2D eigenvalue weighted by Gasteiger charge is 2.29. The molecule has 0 amide bonds. The molecule has 3 unspecified atom stereocenters. The van der Waals surface area contributed by atoms with Crippen molar-refractivity contribution < 1.29 is 119 Å². The number of aliphatic hydroxyl groups excluding tert-OH is 4. The fourth-order valence-electron chi connectivity index (χ4n) is 9.69. The molecule has 0 bridgehead atoms. The normalized spacial score (nSPS) is 20.4.